The minimum absolute atomic E-state index is 0.107. The Morgan fingerprint density at radius 1 is 0.651 bits per heavy atom. The molecule has 4 heteroatoms. The van der Waals surface area contributed by atoms with E-state index in [0.717, 1.165) is 25.7 Å². The zero-order chi connectivity index (χ0) is 29.6. The average molecular weight is 695 g/mol. The second-order valence-corrected chi connectivity index (χ2v) is 27.8. The van der Waals surface area contributed by atoms with E-state index in [-0.39, 0.29) is 3.63 Å². The number of hydrogen-bond acceptors (Lipinski definition) is 0. The van der Waals surface area contributed by atoms with E-state index in [2.05, 4.69) is 129 Å². The maximum absolute atomic E-state index is 7.94. The Kier molecular flexibility index (Phi) is 8.25. The third kappa shape index (κ3) is 5.09. The van der Waals surface area contributed by atoms with Crippen LogP contribution in [0.5, 0.6) is 0 Å². The SMILES string of the molecule is CCCC1=Cc2c(ccc(CCC)c2-c2ccccc2-c2ccccc2)[CH]1[Zr]([Cl])([Cl])[c]1cccc2c1[SiH2]c1ccccc1-2. The van der Waals surface area contributed by atoms with Gasteiger partial charge in [0.1, 0.15) is 0 Å². The van der Waals surface area contributed by atoms with Gasteiger partial charge >= 0.3 is 272 Å². The summed E-state index contributed by atoms with van der Waals surface area (Å²) in [7, 11) is 15.2. The van der Waals surface area contributed by atoms with Crippen LogP contribution in [0.2, 0.25) is 0 Å². The van der Waals surface area contributed by atoms with E-state index in [1.807, 2.05) is 0 Å². The molecule has 0 N–H and O–H groups in total. The zero-order valence-corrected chi connectivity index (χ0v) is 30.2. The molecule has 7 rings (SSSR count). The Hall–Kier alpha value is -2.48. The summed E-state index contributed by atoms with van der Waals surface area (Å²) in [4.78, 5) is 0. The van der Waals surface area contributed by atoms with Gasteiger partial charge in [-0.05, 0) is 0 Å². The Morgan fingerprint density at radius 2 is 1.33 bits per heavy atom. The molecule has 0 saturated heterocycles. The normalized spacial score (nSPS) is 15.7. The molecule has 1 aliphatic carbocycles. The van der Waals surface area contributed by atoms with Crippen molar-refractivity contribution in [3.05, 3.63) is 131 Å². The van der Waals surface area contributed by atoms with Gasteiger partial charge in [0.2, 0.25) is 0 Å². The first-order valence-electron chi connectivity index (χ1n) is 15.6. The fourth-order valence-electron chi connectivity index (χ4n) is 7.48. The number of allylic oxidation sites excluding steroid dienone is 1. The maximum atomic E-state index is 7.94. The number of halogens is 2. The molecule has 0 fully saturated rings. The van der Waals surface area contributed by atoms with Crippen LogP contribution in [0, 0.1) is 0 Å². The Morgan fingerprint density at radius 3 is 2.09 bits per heavy atom. The van der Waals surface area contributed by atoms with Gasteiger partial charge < -0.3 is 0 Å². The summed E-state index contributed by atoms with van der Waals surface area (Å²) in [5, 5.41) is 3.01. The number of fused-ring (bicyclic) bond motifs is 4. The summed E-state index contributed by atoms with van der Waals surface area (Å²) in [5.41, 5.74) is 13.5. The molecule has 1 atom stereocenters. The Labute approximate surface area is 270 Å². The molecule has 0 nitrogen and oxygen atoms in total. The van der Waals surface area contributed by atoms with Gasteiger partial charge in [-0.1, -0.05) is 0 Å². The Balaban J connectivity index is 1.43. The van der Waals surface area contributed by atoms with Crippen molar-refractivity contribution in [3.63, 3.8) is 0 Å². The molecule has 5 aromatic rings. The molecule has 0 amide bonds. The molecule has 2 aliphatic rings. The summed E-state index contributed by atoms with van der Waals surface area (Å²) in [6.45, 7) is 4.55. The fraction of sp³-hybridized carbons (Fsp3) is 0.179. The van der Waals surface area contributed by atoms with Gasteiger partial charge in [-0.3, -0.25) is 0 Å². The van der Waals surface area contributed by atoms with Crippen LogP contribution in [0.15, 0.2) is 115 Å². The first kappa shape index (κ1) is 29.2. The van der Waals surface area contributed by atoms with Gasteiger partial charge in [0.05, 0.1) is 0 Å². The van der Waals surface area contributed by atoms with E-state index in [9.17, 15) is 0 Å². The quantitative estimate of drug-likeness (QED) is 0.140. The first-order chi connectivity index (χ1) is 21.0. The van der Waals surface area contributed by atoms with Gasteiger partial charge in [-0.25, -0.2) is 0 Å². The van der Waals surface area contributed by atoms with Crippen molar-refractivity contribution in [2.45, 2.75) is 43.2 Å². The molecule has 5 aromatic carbocycles. The molecular weight excluding hydrogens is 659 g/mol. The molecular formula is C39H36Cl2SiZr. The number of rotatable bonds is 8. The van der Waals surface area contributed by atoms with Crippen LogP contribution in [0.4, 0.5) is 0 Å². The molecule has 0 aromatic heterocycles. The number of aryl methyl sites for hydroxylation is 1. The van der Waals surface area contributed by atoms with Crippen molar-refractivity contribution < 1.29 is 17.9 Å². The second kappa shape index (κ2) is 12.1. The summed E-state index contributed by atoms with van der Waals surface area (Å²) in [5.74, 6) is 0. The van der Waals surface area contributed by atoms with Gasteiger partial charge in [0.25, 0.3) is 0 Å². The standard InChI is InChI=1S/C27H27.C12H9Si.2ClH.Zr/c1-3-10-20-18-23-17-16-22(11-4-2)27(26(23)19-20)25-15-9-8-14-24(25)21-12-6-5-7-13-21;1-3-7-11-9(5-1)10-6-2-4-8-12(10)13-11;;;/h5-9,12-19H,3-4,10-11H2,1-2H3;1-7H,13H2;2*1H;/q;;;;+2/p-2. The second-order valence-electron chi connectivity index (χ2n) is 12.0. The molecule has 0 radical (unpaired) electrons. The van der Waals surface area contributed by atoms with Crippen LogP contribution < -0.4 is 13.6 Å². The Bertz CT molecular complexity index is 1860. The predicted molar refractivity (Wildman–Crippen MR) is 188 cm³/mol. The average Bonchev–Trinajstić information content (AvgIpc) is 3.60. The van der Waals surface area contributed by atoms with E-state index in [4.69, 9.17) is 17.0 Å². The third-order valence-electron chi connectivity index (χ3n) is 9.29. The van der Waals surface area contributed by atoms with E-state index in [1.165, 1.54) is 69.3 Å². The van der Waals surface area contributed by atoms with E-state index >= 15 is 0 Å². The molecule has 0 saturated carbocycles. The van der Waals surface area contributed by atoms with E-state index in [0.29, 0.717) is 0 Å². The topological polar surface area (TPSA) is 0 Å². The van der Waals surface area contributed by atoms with Gasteiger partial charge in [0, 0.05) is 0 Å². The van der Waals surface area contributed by atoms with Crippen molar-refractivity contribution >= 4 is 46.3 Å². The van der Waals surface area contributed by atoms with Crippen molar-refractivity contribution in [1.82, 2.24) is 0 Å². The predicted octanol–water partition coefficient (Wildman–Crippen LogP) is 9.10. The van der Waals surface area contributed by atoms with E-state index in [1.54, 1.807) is 0 Å². The van der Waals surface area contributed by atoms with Crippen molar-refractivity contribution in [3.8, 4) is 33.4 Å². The van der Waals surface area contributed by atoms with Gasteiger partial charge in [0.15, 0.2) is 0 Å². The van der Waals surface area contributed by atoms with Crippen LogP contribution in [0.1, 0.15) is 53.4 Å². The summed E-state index contributed by atoms with van der Waals surface area (Å²) < 4.78 is 1.41. The third-order valence-corrected chi connectivity index (χ3v) is 23.6. The van der Waals surface area contributed by atoms with E-state index < -0.39 is 27.4 Å². The molecule has 1 heterocycles. The van der Waals surface area contributed by atoms with Crippen LogP contribution in [-0.4, -0.2) is 9.52 Å². The molecule has 43 heavy (non-hydrogen) atoms. The van der Waals surface area contributed by atoms with Crippen molar-refractivity contribution in [2.24, 2.45) is 0 Å². The molecule has 1 unspecified atom stereocenters. The van der Waals surface area contributed by atoms with Crippen LogP contribution in [-0.2, 0) is 24.3 Å². The molecule has 214 valence electrons. The summed E-state index contributed by atoms with van der Waals surface area (Å²) >= 11 is -4.02. The van der Waals surface area contributed by atoms with Crippen LogP contribution >= 0.6 is 17.0 Å². The summed E-state index contributed by atoms with van der Waals surface area (Å²) in [6, 6.07) is 40.2. The zero-order valence-electron chi connectivity index (χ0n) is 24.8. The van der Waals surface area contributed by atoms with Crippen LogP contribution in [0.3, 0.4) is 0 Å². The van der Waals surface area contributed by atoms with Crippen molar-refractivity contribution in [1.29, 1.82) is 0 Å². The molecule has 0 bridgehead atoms. The first-order valence-corrected chi connectivity index (χ1v) is 26.0. The van der Waals surface area contributed by atoms with Gasteiger partial charge in [-0.15, -0.1) is 0 Å². The van der Waals surface area contributed by atoms with Crippen molar-refractivity contribution in [2.75, 3.05) is 0 Å². The fourth-order valence-corrected chi connectivity index (χ4v) is 24.3. The molecule has 1 aliphatic heterocycles. The monoisotopic (exact) mass is 692 g/mol. The number of benzene rings is 5. The van der Waals surface area contributed by atoms with Crippen LogP contribution in [0.25, 0.3) is 39.5 Å². The number of hydrogen-bond donors (Lipinski definition) is 0. The molecule has 0 spiro atoms. The minimum atomic E-state index is -4.02. The summed E-state index contributed by atoms with van der Waals surface area (Å²) in [6.07, 6.45) is 6.73. The van der Waals surface area contributed by atoms with Gasteiger partial charge in [-0.2, -0.15) is 0 Å².